The molecular weight excluding hydrogens is 288 g/mol. The van der Waals surface area contributed by atoms with Gasteiger partial charge in [0, 0.05) is 0 Å². The number of hydrogen-bond acceptors (Lipinski definition) is 3. The molecule has 0 unspecified atom stereocenters. The number of unbranched alkanes of at least 4 members (excludes halogenated alkanes) is 4. The zero-order valence-electron chi connectivity index (χ0n) is 13.9. The predicted octanol–water partition coefficient (Wildman–Crippen LogP) is 3.90. The van der Waals surface area contributed by atoms with E-state index < -0.39 is 5.91 Å². The molecule has 2 N–H and O–H groups in total. The van der Waals surface area contributed by atoms with E-state index in [2.05, 4.69) is 19.1 Å². The molecule has 0 spiro atoms. The van der Waals surface area contributed by atoms with E-state index in [0.717, 1.165) is 50.9 Å². The standard InChI is InChI=1S/C19H26N2O2/c1-2-3-13-23-18-12-8-10-16(14-18)9-6-4-5-7-11-17(15-20)19(21)22/h8,10-12,14H,2-7,9,13H2,1H3,(H2,21,22)/b17-11+. The fourth-order valence-electron chi connectivity index (χ4n) is 2.22. The number of nitriles is 1. The Balaban J connectivity index is 2.27. The number of nitrogens with zero attached hydrogens (tertiary/aromatic N) is 1. The first kappa shape index (κ1) is 18.8. The summed E-state index contributed by atoms with van der Waals surface area (Å²) >= 11 is 0. The normalized spacial score (nSPS) is 11.0. The molecule has 0 fully saturated rings. The Morgan fingerprint density at radius 1 is 1.30 bits per heavy atom. The summed E-state index contributed by atoms with van der Waals surface area (Å²) in [7, 11) is 0. The molecule has 0 radical (unpaired) electrons. The highest BCUT2D eigenvalue weighted by Gasteiger charge is 2.02. The average Bonchev–Trinajstić information content (AvgIpc) is 2.54. The van der Waals surface area contributed by atoms with Crippen molar-refractivity contribution in [2.24, 2.45) is 5.73 Å². The van der Waals surface area contributed by atoms with Gasteiger partial charge in [0.1, 0.15) is 17.4 Å². The number of nitrogens with two attached hydrogens (primary N) is 1. The van der Waals surface area contributed by atoms with Crippen LogP contribution in [-0.2, 0) is 11.2 Å². The highest BCUT2D eigenvalue weighted by atomic mass is 16.5. The van der Waals surface area contributed by atoms with E-state index >= 15 is 0 Å². The Morgan fingerprint density at radius 3 is 2.83 bits per heavy atom. The highest BCUT2D eigenvalue weighted by molar-refractivity contribution is 5.95. The van der Waals surface area contributed by atoms with Gasteiger partial charge in [0.2, 0.25) is 0 Å². The summed E-state index contributed by atoms with van der Waals surface area (Å²) in [5.41, 5.74) is 6.42. The van der Waals surface area contributed by atoms with Gasteiger partial charge in [-0.15, -0.1) is 0 Å². The van der Waals surface area contributed by atoms with Gasteiger partial charge in [-0.05, 0) is 49.8 Å². The summed E-state index contributed by atoms with van der Waals surface area (Å²) in [5.74, 6) is 0.298. The lowest BCUT2D eigenvalue weighted by Gasteiger charge is -2.07. The summed E-state index contributed by atoms with van der Waals surface area (Å²) in [4.78, 5) is 10.9. The van der Waals surface area contributed by atoms with Crippen LogP contribution in [0.4, 0.5) is 0 Å². The minimum Gasteiger partial charge on any atom is -0.494 e. The van der Waals surface area contributed by atoms with Crippen LogP contribution >= 0.6 is 0 Å². The first-order chi connectivity index (χ1) is 11.2. The van der Waals surface area contributed by atoms with E-state index in [1.807, 2.05) is 18.2 Å². The molecule has 4 nitrogen and oxygen atoms in total. The Labute approximate surface area is 138 Å². The maximum absolute atomic E-state index is 10.9. The van der Waals surface area contributed by atoms with E-state index in [4.69, 9.17) is 15.7 Å². The molecular formula is C19H26N2O2. The minimum absolute atomic E-state index is 0.0573. The summed E-state index contributed by atoms with van der Waals surface area (Å²) in [5, 5.41) is 8.72. The number of primary amides is 1. The molecule has 1 aromatic rings. The Bertz CT molecular complexity index is 559. The van der Waals surface area contributed by atoms with Crippen molar-refractivity contribution >= 4 is 5.91 Å². The first-order valence-electron chi connectivity index (χ1n) is 8.29. The molecule has 0 aliphatic heterocycles. The molecule has 0 aromatic heterocycles. The summed E-state index contributed by atoms with van der Waals surface area (Å²) in [6.07, 6.45) is 8.64. The van der Waals surface area contributed by atoms with Crippen molar-refractivity contribution in [1.29, 1.82) is 5.26 Å². The summed E-state index contributed by atoms with van der Waals surface area (Å²) in [6.45, 7) is 2.92. The number of carbonyl (C=O) groups excluding carboxylic acids is 1. The van der Waals surface area contributed by atoms with Gasteiger partial charge in [-0.2, -0.15) is 5.26 Å². The quantitative estimate of drug-likeness (QED) is 0.382. The molecule has 0 saturated heterocycles. The maximum atomic E-state index is 10.9. The molecule has 1 rings (SSSR count). The molecule has 23 heavy (non-hydrogen) atoms. The van der Waals surface area contributed by atoms with E-state index in [9.17, 15) is 4.79 Å². The largest absolute Gasteiger partial charge is 0.494 e. The van der Waals surface area contributed by atoms with Gasteiger partial charge in [-0.25, -0.2) is 0 Å². The van der Waals surface area contributed by atoms with Crippen LogP contribution in [0.2, 0.25) is 0 Å². The van der Waals surface area contributed by atoms with Crippen molar-refractivity contribution in [3.05, 3.63) is 41.5 Å². The van der Waals surface area contributed by atoms with Crippen LogP contribution in [0.5, 0.6) is 5.75 Å². The van der Waals surface area contributed by atoms with Crippen molar-refractivity contribution in [2.45, 2.75) is 51.9 Å². The molecule has 0 heterocycles. The van der Waals surface area contributed by atoms with Gasteiger partial charge in [0.25, 0.3) is 5.91 Å². The lowest BCUT2D eigenvalue weighted by Crippen LogP contribution is -2.12. The van der Waals surface area contributed by atoms with Crippen molar-refractivity contribution in [3.63, 3.8) is 0 Å². The van der Waals surface area contributed by atoms with E-state index in [-0.39, 0.29) is 5.57 Å². The van der Waals surface area contributed by atoms with Gasteiger partial charge >= 0.3 is 0 Å². The van der Waals surface area contributed by atoms with Crippen LogP contribution in [0.15, 0.2) is 35.9 Å². The molecule has 1 amide bonds. The van der Waals surface area contributed by atoms with Gasteiger partial charge in [0.05, 0.1) is 6.61 Å². The van der Waals surface area contributed by atoms with Crippen molar-refractivity contribution in [1.82, 2.24) is 0 Å². The fraction of sp³-hybridized carbons (Fsp3) is 0.474. The molecule has 4 heteroatoms. The topological polar surface area (TPSA) is 76.1 Å². The number of allylic oxidation sites excluding steroid dienone is 1. The third-order valence-corrected chi connectivity index (χ3v) is 3.57. The number of hydrogen-bond donors (Lipinski definition) is 1. The first-order valence-corrected chi connectivity index (χ1v) is 8.29. The number of ether oxygens (including phenoxy) is 1. The Kier molecular flexibility index (Phi) is 9.23. The van der Waals surface area contributed by atoms with Gasteiger partial charge in [-0.3, -0.25) is 4.79 Å². The fourth-order valence-corrected chi connectivity index (χ4v) is 2.22. The average molecular weight is 314 g/mol. The maximum Gasteiger partial charge on any atom is 0.259 e. The molecule has 124 valence electrons. The van der Waals surface area contributed by atoms with Gasteiger partial charge < -0.3 is 10.5 Å². The molecule has 1 aromatic carbocycles. The summed E-state index contributed by atoms with van der Waals surface area (Å²) in [6, 6.07) is 10.1. The number of aryl methyl sites for hydroxylation is 1. The van der Waals surface area contributed by atoms with E-state index in [1.54, 1.807) is 6.08 Å². The Morgan fingerprint density at radius 2 is 2.13 bits per heavy atom. The lowest BCUT2D eigenvalue weighted by atomic mass is 10.1. The van der Waals surface area contributed by atoms with Crippen molar-refractivity contribution in [2.75, 3.05) is 6.61 Å². The second-order valence-corrected chi connectivity index (χ2v) is 5.54. The van der Waals surface area contributed by atoms with Crippen LogP contribution in [-0.4, -0.2) is 12.5 Å². The van der Waals surface area contributed by atoms with Crippen molar-refractivity contribution in [3.8, 4) is 11.8 Å². The minimum atomic E-state index is -0.646. The predicted molar refractivity (Wildman–Crippen MR) is 91.9 cm³/mol. The number of amides is 1. The number of benzene rings is 1. The smallest absolute Gasteiger partial charge is 0.259 e. The second kappa shape index (κ2) is 11.3. The van der Waals surface area contributed by atoms with Gasteiger partial charge in [0.15, 0.2) is 0 Å². The molecule has 0 bridgehead atoms. The van der Waals surface area contributed by atoms with Crippen LogP contribution in [0.3, 0.4) is 0 Å². The lowest BCUT2D eigenvalue weighted by molar-refractivity contribution is -0.114. The highest BCUT2D eigenvalue weighted by Crippen LogP contribution is 2.16. The number of rotatable bonds is 11. The molecule has 0 atom stereocenters. The van der Waals surface area contributed by atoms with Gasteiger partial charge in [-0.1, -0.05) is 38.0 Å². The monoisotopic (exact) mass is 314 g/mol. The molecule has 0 saturated carbocycles. The second-order valence-electron chi connectivity index (χ2n) is 5.54. The Hall–Kier alpha value is -2.28. The zero-order valence-corrected chi connectivity index (χ0v) is 13.9. The van der Waals surface area contributed by atoms with Crippen LogP contribution in [0.25, 0.3) is 0 Å². The van der Waals surface area contributed by atoms with Crippen LogP contribution in [0.1, 0.15) is 51.0 Å². The third kappa shape index (κ3) is 8.06. The third-order valence-electron chi connectivity index (χ3n) is 3.57. The van der Waals surface area contributed by atoms with Crippen LogP contribution in [0, 0.1) is 11.3 Å². The van der Waals surface area contributed by atoms with E-state index in [0.29, 0.717) is 6.42 Å². The molecule has 0 aliphatic rings. The van der Waals surface area contributed by atoms with Crippen molar-refractivity contribution < 1.29 is 9.53 Å². The number of carbonyl (C=O) groups is 1. The molecule has 0 aliphatic carbocycles. The van der Waals surface area contributed by atoms with E-state index in [1.165, 1.54) is 5.56 Å². The SMILES string of the molecule is CCCCOc1cccc(CCCCC/C=C(\C#N)C(N)=O)c1. The van der Waals surface area contributed by atoms with Crippen LogP contribution < -0.4 is 10.5 Å². The zero-order chi connectivity index (χ0) is 16.9. The summed E-state index contributed by atoms with van der Waals surface area (Å²) < 4.78 is 5.71.